The van der Waals surface area contributed by atoms with Crippen LogP contribution in [0.15, 0.2) is 144 Å². The van der Waals surface area contributed by atoms with Gasteiger partial charge in [0, 0.05) is 34.8 Å². The van der Waals surface area contributed by atoms with Crippen LogP contribution in [0.2, 0.25) is 0 Å². The number of fused-ring (bicyclic) bond motifs is 5. The predicted molar refractivity (Wildman–Crippen MR) is 202 cm³/mol. The van der Waals surface area contributed by atoms with Gasteiger partial charge in [-0.15, -0.1) is 0 Å². The van der Waals surface area contributed by atoms with Crippen molar-refractivity contribution in [3.05, 3.63) is 167 Å². The van der Waals surface area contributed by atoms with Gasteiger partial charge >= 0.3 is 0 Å². The fourth-order valence-electron chi connectivity index (χ4n) is 9.45. The van der Waals surface area contributed by atoms with Gasteiger partial charge in [-0.25, -0.2) is 9.97 Å². The van der Waals surface area contributed by atoms with Crippen molar-refractivity contribution in [3.63, 3.8) is 0 Å². The molecule has 4 aromatic rings. The minimum absolute atomic E-state index is 0.109. The highest BCUT2D eigenvalue weighted by molar-refractivity contribution is 6.09. The fraction of sp³-hybridized carbons (Fsp3) is 0.283. The Hall–Kier alpha value is -4.89. The van der Waals surface area contributed by atoms with Crippen LogP contribution in [0.3, 0.4) is 0 Å². The van der Waals surface area contributed by atoms with E-state index in [-0.39, 0.29) is 22.7 Å². The number of aliphatic imine (C=N–C) groups is 1. The first kappa shape index (κ1) is 30.2. The van der Waals surface area contributed by atoms with Gasteiger partial charge in [0.1, 0.15) is 0 Å². The lowest BCUT2D eigenvalue weighted by Crippen LogP contribution is -2.50. The molecule has 3 aromatic carbocycles. The summed E-state index contributed by atoms with van der Waals surface area (Å²) in [6.45, 7) is 8.18. The lowest BCUT2D eigenvalue weighted by molar-refractivity contribution is 0.147. The molecule has 5 aliphatic rings. The Morgan fingerprint density at radius 3 is 2.29 bits per heavy atom. The third-order valence-corrected chi connectivity index (χ3v) is 12.4. The molecule has 5 atom stereocenters. The molecule has 1 aromatic heterocycles. The van der Waals surface area contributed by atoms with Crippen LogP contribution >= 0.6 is 0 Å². The molecular weight excluding hydrogens is 595 g/mol. The van der Waals surface area contributed by atoms with Crippen molar-refractivity contribution < 1.29 is 0 Å². The summed E-state index contributed by atoms with van der Waals surface area (Å²) < 4.78 is 0. The maximum Gasteiger partial charge on any atom is 0.159 e. The quantitative estimate of drug-likeness (QED) is 0.223. The maximum atomic E-state index is 5.58. The summed E-state index contributed by atoms with van der Waals surface area (Å²) >= 11 is 0. The molecule has 0 spiro atoms. The SMILES string of the molecule is CC1c2ccccc2-c2ccccc2C1c1cc(C2(C)CC3=C(C=CCC3)C3C=CC=CC32C)nc(-c2ccc(C3=NCCC=C3)cc2)n1. The molecule has 9 rings (SSSR count). The van der Waals surface area contributed by atoms with Gasteiger partial charge in [-0.2, -0.15) is 0 Å². The molecule has 1 aliphatic heterocycles. The molecule has 3 heteroatoms. The second-order valence-electron chi connectivity index (χ2n) is 15.0. The van der Waals surface area contributed by atoms with E-state index in [1.807, 2.05) is 0 Å². The van der Waals surface area contributed by atoms with E-state index in [0.29, 0.717) is 5.92 Å². The molecule has 3 nitrogen and oxygen atoms in total. The second kappa shape index (κ2) is 11.6. The molecule has 0 fully saturated rings. The Labute approximate surface area is 290 Å². The van der Waals surface area contributed by atoms with E-state index in [0.717, 1.165) is 66.3 Å². The molecular formula is C46H43N3. The van der Waals surface area contributed by atoms with Crippen molar-refractivity contribution in [1.29, 1.82) is 0 Å². The van der Waals surface area contributed by atoms with Gasteiger partial charge in [-0.1, -0.05) is 142 Å². The van der Waals surface area contributed by atoms with Gasteiger partial charge in [-0.3, -0.25) is 4.99 Å². The molecule has 0 saturated heterocycles. The Balaban J connectivity index is 1.25. The lowest BCUT2D eigenvalue weighted by Gasteiger charge is -2.54. The molecule has 2 heterocycles. The molecule has 0 saturated carbocycles. The topological polar surface area (TPSA) is 38.1 Å². The number of hydrogen-bond acceptors (Lipinski definition) is 3. The van der Waals surface area contributed by atoms with E-state index in [1.54, 1.807) is 5.57 Å². The van der Waals surface area contributed by atoms with Crippen LogP contribution in [0.25, 0.3) is 22.5 Å². The average molecular weight is 638 g/mol. The summed E-state index contributed by atoms with van der Waals surface area (Å²) in [6, 6.07) is 29.1. The van der Waals surface area contributed by atoms with Crippen LogP contribution in [-0.4, -0.2) is 22.2 Å². The Bertz CT molecular complexity index is 2160. The van der Waals surface area contributed by atoms with Gasteiger partial charge in [0.2, 0.25) is 0 Å². The summed E-state index contributed by atoms with van der Waals surface area (Å²) in [5.41, 5.74) is 13.6. The number of allylic oxidation sites excluding steroid dienone is 9. The Kier molecular flexibility index (Phi) is 7.16. The maximum absolute atomic E-state index is 5.58. The summed E-state index contributed by atoms with van der Waals surface area (Å²) in [4.78, 5) is 15.9. The zero-order valence-corrected chi connectivity index (χ0v) is 28.7. The average Bonchev–Trinajstić information content (AvgIpc) is 3.15. The molecule has 0 N–H and O–H groups in total. The van der Waals surface area contributed by atoms with Gasteiger partial charge in [0.25, 0.3) is 0 Å². The Morgan fingerprint density at radius 1 is 0.755 bits per heavy atom. The number of dihydropyridines is 1. The largest absolute Gasteiger partial charge is 0.284 e. The minimum Gasteiger partial charge on any atom is -0.284 e. The van der Waals surface area contributed by atoms with E-state index in [2.05, 4.69) is 148 Å². The highest BCUT2D eigenvalue weighted by Gasteiger charge is 2.54. The summed E-state index contributed by atoms with van der Waals surface area (Å²) in [7, 11) is 0. The van der Waals surface area contributed by atoms with Gasteiger partial charge < -0.3 is 0 Å². The van der Waals surface area contributed by atoms with Crippen LogP contribution in [-0.2, 0) is 5.41 Å². The molecule has 4 aliphatic carbocycles. The standard InChI is InChI=1S/C46H43N3/c1-30-34-15-6-7-17-36(34)37-18-8-9-19-38(37)43(30)41-28-42(49-44(48-41)32-24-22-31(23-25-32)40-21-11-13-27-47-40)46(3)29-33-14-4-5-16-35(33)39-20-10-12-26-45(39,46)2/h5-12,15-26,28,30,39,43H,4,13-14,27,29H2,1-3H3. The molecule has 0 radical (unpaired) electrons. The van der Waals surface area contributed by atoms with Crippen LogP contribution < -0.4 is 0 Å². The van der Waals surface area contributed by atoms with Crippen molar-refractivity contribution >= 4 is 5.71 Å². The number of hydrogen-bond donors (Lipinski definition) is 0. The van der Waals surface area contributed by atoms with E-state index >= 15 is 0 Å². The highest BCUT2D eigenvalue weighted by Crippen LogP contribution is 2.60. The van der Waals surface area contributed by atoms with Crippen molar-refractivity contribution in [2.45, 2.75) is 63.7 Å². The van der Waals surface area contributed by atoms with Crippen LogP contribution in [0.5, 0.6) is 0 Å². The molecule has 0 amide bonds. The normalized spacial score (nSPS) is 28.0. The number of aromatic nitrogens is 2. The van der Waals surface area contributed by atoms with Crippen LogP contribution in [0.4, 0.5) is 0 Å². The lowest BCUT2D eigenvalue weighted by atomic mass is 9.49. The van der Waals surface area contributed by atoms with E-state index in [9.17, 15) is 0 Å². The first-order valence-electron chi connectivity index (χ1n) is 18.1. The van der Waals surface area contributed by atoms with Crippen molar-refractivity contribution in [1.82, 2.24) is 9.97 Å². The summed E-state index contributed by atoms with van der Waals surface area (Å²) in [5, 5.41) is 0. The smallest absolute Gasteiger partial charge is 0.159 e. The third kappa shape index (κ3) is 4.73. The predicted octanol–water partition coefficient (Wildman–Crippen LogP) is 10.9. The summed E-state index contributed by atoms with van der Waals surface area (Å²) in [6.07, 6.45) is 22.8. The van der Waals surface area contributed by atoms with Crippen molar-refractivity contribution in [2.75, 3.05) is 6.54 Å². The van der Waals surface area contributed by atoms with Crippen molar-refractivity contribution in [3.8, 4) is 22.5 Å². The third-order valence-electron chi connectivity index (χ3n) is 12.4. The summed E-state index contributed by atoms with van der Waals surface area (Å²) in [5.74, 6) is 1.49. The van der Waals surface area contributed by atoms with E-state index in [1.165, 1.54) is 27.8 Å². The monoisotopic (exact) mass is 637 g/mol. The minimum atomic E-state index is -0.230. The number of nitrogens with zero attached hydrogens (tertiary/aromatic N) is 3. The second-order valence-corrected chi connectivity index (χ2v) is 15.0. The van der Waals surface area contributed by atoms with Gasteiger partial charge in [0.15, 0.2) is 5.82 Å². The van der Waals surface area contributed by atoms with Gasteiger partial charge in [0.05, 0.1) is 17.1 Å². The van der Waals surface area contributed by atoms with E-state index in [4.69, 9.17) is 15.0 Å². The first-order chi connectivity index (χ1) is 23.9. The zero-order valence-electron chi connectivity index (χ0n) is 28.7. The van der Waals surface area contributed by atoms with Gasteiger partial charge in [-0.05, 0) is 77.1 Å². The van der Waals surface area contributed by atoms with Crippen LogP contribution in [0, 0.1) is 11.3 Å². The zero-order chi connectivity index (χ0) is 33.2. The van der Waals surface area contributed by atoms with E-state index < -0.39 is 0 Å². The van der Waals surface area contributed by atoms with Crippen molar-refractivity contribution in [2.24, 2.45) is 16.3 Å². The number of rotatable bonds is 4. The molecule has 5 unspecified atom stereocenters. The first-order valence-corrected chi connectivity index (χ1v) is 18.1. The number of benzene rings is 3. The van der Waals surface area contributed by atoms with Crippen LogP contribution in [0.1, 0.15) is 86.4 Å². The molecule has 242 valence electrons. The fourth-order valence-corrected chi connectivity index (χ4v) is 9.45. The molecule has 49 heavy (non-hydrogen) atoms. The molecule has 0 bridgehead atoms. The highest BCUT2D eigenvalue weighted by atomic mass is 14.9. The Morgan fingerprint density at radius 2 is 1.49 bits per heavy atom.